The van der Waals surface area contributed by atoms with Crippen LogP contribution in [0, 0.1) is 0 Å². The van der Waals surface area contributed by atoms with E-state index in [1.54, 1.807) is 6.07 Å². The van der Waals surface area contributed by atoms with Crippen molar-refractivity contribution < 1.29 is 4.79 Å². The molecule has 5 heteroatoms. The minimum atomic E-state index is -0.302. The van der Waals surface area contributed by atoms with Crippen molar-refractivity contribution in [1.29, 1.82) is 0 Å². The molecule has 0 saturated carbocycles. The summed E-state index contributed by atoms with van der Waals surface area (Å²) >= 11 is 12.1. The van der Waals surface area contributed by atoms with Crippen molar-refractivity contribution in [2.24, 2.45) is 5.73 Å². The second-order valence-electron chi connectivity index (χ2n) is 5.15. The molecular formula is C16H14Cl2N2O. The Kier molecular flexibility index (Phi) is 3.89. The lowest BCUT2D eigenvalue weighted by atomic mass is 9.94. The topological polar surface area (TPSA) is 55.1 Å². The highest BCUT2D eigenvalue weighted by Crippen LogP contribution is 2.30. The number of anilines is 1. The summed E-state index contributed by atoms with van der Waals surface area (Å²) in [6.07, 6.45) is 1.24. The molecule has 0 fully saturated rings. The maximum absolute atomic E-state index is 11.4. The minimum Gasteiger partial charge on any atom is -0.326 e. The van der Waals surface area contributed by atoms with Crippen LogP contribution in [0.1, 0.15) is 29.2 Å². The highest BCUT2D eigenvalue weighted by molar-refractivity contribution is 6.34. The molecule has 1 aliphatic heterocycles. The maximum Gasteiger partial charge on any atom is 0.224 e. The van der Waals surface area contributed by atoms with E-state index in [0.717, 1.165) is 28.8 Å². The third-order valence-corrected chi connectivity index (χ3v) is 4.06. The first-order chi connectivity index (χ1) is 10.0. The molecule has 2 aromatic carbocycles. The van der Waals surface area contributed by atoms with Crippen LogP contribution in [-0.2, 0) is 11.2 Å². The fraction of sp³-hybridized carbons (Fsp3) is 0.188. The van der Waals surface area contributed by atoms with Gasteiger partial charge in [-0.15, -0.1) is 0 Å². The zero-order valence-electron chi connectivity index (χ0n) is 11.2. The van der Waals surface area contributed by atoms with E-state index < -0.39 is 0 Å². The fourth-order valence-electron chi connectivity index (χ4n) is 2.54. The van der Waals surface area contributed by atoms with Crippen molar-refractivity contribution in [1.82, 2.24) is 0 Å². The summed E-state index contributed by atoms with van der Waals surface area (Å²) in [7, 11) is 0. The molecule has 1 amide bonds. The van der Waals surface area contributed by atoms with Crippen LogP contribution >= 0.6 is 23.2 Å². The van der Waals surface area contributed by atoms with Gasteiger partial charge in [0.2, 0.25) is 5.91 Å². The lowest BCUT2D eigenvalue weighted by molar-refractivity contribution is -0.116. The third kappa shape index (κ3) is 3.05. The average molecular weight is 321 g/mol. The largest absolute Gasteiger partial charge is 0.326 e. The molecule has 3 nitrogen and oxygen atoms in total. The summed E-state index contributed by atoms with van der Waals surface area (Å²) in [5, 5.41) is 4.00. The van der Waals surface area contributed by atoms with E-state index in [-0.39, 0.29) is 11.9 Å². The lowest BCUT2D eigenvalue weighted by Crippen LogP contribution is -2.20. The van der Waals surface area contributed by atoms with Crippen molar-refractivity contribution in [3.8, 4) is 0 Å². The zero-order chi connectivity index (χ0) is 15.0. The van der Waals surface area contributed by atoms with Gasteiger partial charge in [0.05, 0.1) is 6.04 Å². The van der Waals surface area contributed by atoms with E-state index in [4.69, 9.17) is 28.9 Å². The Labute approximate surface area is 133 Å². The molecule has 0 aromatic heterocycles. The van der Waals surface area contributed by atoms with Crippen LogP contribution in [-0.4, -0.2) is 5.91 Å². The van der Waals surface area contributed by atoms with Crippen molar-refractivity contribution in [3.63, 3.8) is 0 Å². The Morgan fingerprint density at radius 3 is 2.43 bits per heavy atom. The van der Waals surface area contributed by atoms with Gasteiger partial charge in [-0.1, -0.05) is 35.3 Å². The van der Waals surface area contributed by atoms with Crippen LogP contribution in [0.3, 0.4) is 0 Å². The Morgan fingerprint density at radius 2 is 1.71 bits per heavy atom. The maximum atomic E-state index is 11.4. The fourth-order valence-corrected chi connectivity index (χ4v) is 3.09. The van der Waals surface area contributed by atoms with Gasteiger partial charge in [0, 0.05) is 22.2 Å². The quantitative estimate of drug-likeness (QED) is 0.880. The highest BCUT2D eigenvalue weighted by atomic mass is 35.5. The first-order valence-electron chi connectivity index (χ1n) is 6.67. The van der Waals surface area contributed by atoms with Crippen molar-refractivity contribution in [2.45, 2.75) is 18.9 Å². The van der Waals surface area contributed by atoms with Crippen LogP contribution in [0.5, 0.6) is 0 Å². The van der Waals surface area contributed by atoms with Crippen LogP contribution in [0.2, 0.25) is 10.0 Å². The summed E-state index contributed by atoms with van der Waals surface area (Å²) in [6.45, 7) is 0. The molecule has 0 bridgehead atoms. The number of carbonyl (C=O) groups excluding carboxylic acids is 1. The predicted molar refractivity (Wildman–Crippen MR) is 85.9 cm³/mol. The molecule has 0 radical (unpaired) electrons. The number of rotatable bonds is 2. The molecule has 1 aliphatic rings. The molecule has 1 heterocycles. The van der Waals surface area contributed by atoms with E-state index in [0.29, 0.717) is 16.5 Å². The van der Waals surface area contributed by atoms with E-state index in [9.17, 15) is 4.79 Å². The van der Waals surface area contributed by atoms with Crippen molar-refractivity contribution in [3.05, 3.63) is 63.1 Å². The monoisotopic (exact) mass is 320 g/mol. The van der Waals surface area contributed by atoms with Crippen LogP contribution in [0.4, 0.5) is 5.69 Å². The number of nitrogens with two attached hydrogens (primary N) is 1. The number of hydrogen-bond donors (Lipinski definition) is 2. The van der Waals surface area contributed by atoms with Gasteiger partial charge in [0.15, 0.2) is 0 Å². The molecule has 3 N–H and O–H groups in total. The Hall–Kier alpha value is -1.55. The molecule has 1 atom stereocenters. The predicted octanol–water partition coefficient (Wildman–Crippen LogP) is 3.93. The second-order valence-corrected chi connectivity index (χ2v) is 6.02. The van der Waals surface area contributed by atoms with Crippen LogP contribution in [0.15, 0.2) is 36.4 Å². The third-order valence-electron chi connectivity index (χ3n) is 3.63. The number of hydrogen-bond acceptors (Lipinski definition) is 2. The van der Waals surface area contributed by atoms with Crippen molar-refractivity contribution >= 4 is 34.8 Å². The second kappa shape index (κ2) is 5.68. The molecule has 3 rings (SSSR count). The molecule has 1 unspecified atom stereocenters. The molecule has 21 heavy (non-hydrogen) atoms. The van der Waals surface area contributed by atoms with Crippen molar-refractivity contribution in [2.75, 3.05) is 5.32 Å². The number of halogens is 2. The first kappa shape index (κ1) is 14.4. The van der Waals surface area contributed by atoms with Gasteiger partial charge in [-0.25, -0.2) is 0 Å². The van der Waals surface area contributed by atoms with Gasteiger partial charge < -0.3 is 11.1 Å². The summed E-state index contributed by atoms with van der Waals surface area (Å²) in [5.41, 5.74) is 10.1. The SMILES string of the molecule is NC(c1cc(Cl)cc(Cl)c1)c1ccc2c(c1)CCC(=O)N2. The van der Waals surface area contributed by atoms with E-state index in [1.807, 2.05) is 30.3 Å². The summed E-state index contributed by atoms with van der Waals surface area (Å²) in [4.78, 5) is 11.4. The van der Waals surface area contributed by atoms with Crippen LogP contribution < -0.4 is 11.1 Å². The van der Waals surface area contributed by atoms with Gasteiger partial charge in [-0.3, -0.25) is 4.79 Å². The normalized spacial score (nSPS) is 15.3. The average Bonchev–Trinajstić information content (AvgIpc) is 2.45. The smallest absolute Gasteiger partial charge is 0.224 e. The van der Waals surface area contributed by atoms with E-state index >= 15 is 0 Å². The minimum absolute atomic E-state index is 0.0566. The molecule has 108 valence electrons. The van der Waals surface area contributed by atoms with E-state index in [1.165, 1.54) is 0 Å². The Morgan fingerprint density at radius 1 is 1.00 bits per heavy atom. The molecule has 0 aliphatic carbocycles. The number of aryl methyl sites for hydroxylation is 1. The van der Waals surface area contributed by atoms with Gasteiger partial charge in [0.1, 0.15) is 0 Å². The molecule has 2 aromatic rings. The summed E-state index contributed by atoms with van der Waals surface area (Å²) in [6, 6.07) is 10.9. The first-order valence-corrected chi connectivity index (χ1v) is 7.43. The zero-order valence-corrected chi connectivity index (χ0v) is 12.7. The standard InChI is InChI=1S/C16H14Cl2N2O/c17-12-6-11(7-13(18)8-12)16(19)10-1-3-14-9(5-10)2-4-15(21)20-14/h1,3,5-8,16H,2,4,19H2,(H,20,21). The molecular weight excluding hydrogens is 307 g/mol. The number of benzene rings is 2. The van der Waals surface area contributed by atoms with Gasteiger partial charge in [-0.05, 0) is 47.4 Å². The highest BCUT2D eigenvalue weighted by Gasteiger charge is 2.17. The Bertz CT molecular complexity index is 695. The van der Waals surface area contributed by atoms with Gasteiger partial charge in [-0.2, -0.15) is 0 Å². The lowest BCUT2D eigenvalue weighted by Gasteiger charge is -2.20. The Balaban J connectivity index is 1.94. The number of fused-ring (bicyclic) bond motifs is 1. The van der Waals surface area contributed by atoms with Crippen LogP contribution in [0.25, 0.3) is 0 Å². The number of nitrogens with one attached hydrogen (secondary N) is 1. The summed E-state index contributed by atoms with van der Waals surface area (Å²) < 4.78 is 0. The van der Waals surface area contributed by atoms with Gasteiger partial charge in [0.25, 0.3) is 0 Å². The summed E-state index contributed by atoms with van der Waals surface area (Å²) in [5.74, 6) is 0.0566. The number of carbonyl (C=O) groups is 1. The van der Waals surface area contributed by atoms with Gasteiger partial charge >= 0.3 is 0 Å². The molecule has 0 spiro atoms. The number of amides is 1. The molecule has 0 saturated heterocycles. The van der Waals surface area contributed by atoms with E-state index in [2.05, 4.69) is 5.32 Å².